The number of fused-ring (bicyclic) bond motifs is 1. The minimum atomic E-state index is -0.684. The quantitative estimate of drug-likeness (QED) is 0.484. The van der Waals surface area contributed by atoms with Gasteiger partial charge in [0.1, 0.15) is 5.75 Å². The van der Waals surface area contributed by atoms with E-state index < -0.39 is 17.9 Å². The Labute approximate surface area is 174 Å². The highest BCUT2D eigenvalue weighted by Crippen LogP contribution is 2.27. The second-order valence-corrected chi connectivity index (χ2v) is 6.74. The zero-order valence-electron chi connectivity index (χ0n) is 16.4. The summed E-state index contributed by atoms with van der Waals surface area (Å²) in [4.78, 5) is 31.4. The number of carbonyl (C=O) groups excluding carboxylic acids is 2. The number of hydrogen-bond donors (Lipinski definition) is 0. The number of ether oxygens (including phenoxy) is 1. The molecule has 1 atom stereocenters. The largest absolute Gasteiger partial charge is 0.497 e. The van der Waals surface area contributed by atoms with Crippen molar-refractivity contribution in [1.82, 2.24) is 5.06 Å². The van der Waals surface area contributed by atoms with Crippen LogP contribution in [-0.4, -0.2) is 30.1 Å². The van der Waals surface area contributed by atoms with E-state index in [1.807, 2.05) is 60.7 Å². The number of hydrogen-bond acceptors (Lipinski definition) is 4. The van der Waals surface area contributed by atoms with E-state index in [1.54, 1.807) is 18.2 Å². The molecule has 148 valence electrons. The fraction of sp³-hybridized carbons (Fsp3) is 0.120. The predicted octanol–water partition coefficient (Wildman–Crippen LogP) is 3.89. The van der Waals surface area contributed by atoms with Crippen molar-refractivity contribution < 1.29 is 19.2 Å². The predicted molar refractivity (Wildman–Crippen MR) is 112 cm³/mol. The van der Waals surface area contributed by atoms with Crippen LogP contribution >= 0.6 is 0 Å². The Bertz CT molecular complexity index is 1130. The smallest absolute Gasteiger partial charge is 0.286 e. The summed E-state index contributed by atoms with van der Waals surface area (Å²) in [6.45, 7) is 0. The Kier molecular flexibility index (Phi) is 5.60. The van der Waals surface area contributed by atoms with E-state index in [1.165, 1.54) is 7.11 Å². The number of amides is 2. The van der Waals surface area contributed by atoms with Crippen molar-refractivity contribution in [3.05, 3.63) is 101 Å². The molecule has 1 aliphatic heterocycles. The molecule has 0 unspecified atom stereocenters. The molecule has 0 fully saturated rings. The van der Waals surface area contributed by atoms with Crippen LogP contribution in [0.3, 0.4) is 0 Å². The number of imide groups is 1. The lowest BCUT2D eigenvalue weighted by Gasteiger charge is -2.18. The molecule has 3 aromatic carbocycles. The Balaban J connectivity index is 1.61. The highest BCUT2D eigenvalue weighted by molar-refractivity contribution is 6.20. The van der Waals surface area contributed by atoms with Gasteiger partial charge in [-0.3, -0.25) is 9.59 Å². The highest BCUT2D eigenvalue weighted by Gasteiger charge is 2.38. The minimum absolute atomic E-state index is 0.258. The molecular weight excluding hydrogens is 378 g/mol. The maximum atomic E-state index is 12.8. The maximum absolute atomic E-state index is 12.8. The van der Waals surface area contributed by atoms with Crippen LogP contribution in [0.4, 0.5) is 0 Å². The summed E-state index contributed by atoms with van der Waals surface area (Å²) >= 11 is 0. The molecule has 5 nitrogen and oxygen atoms in total. The fourth-order valence-electron chi connectivity index (χ4n) is 3.18. The van der Waals surface area contributed by atoms with Crippen LogP contribution < -0.4 is 4.74 Å². The van der Waals surface area contributed by atoms with Crippen molar-refractivity contribution in [3.63, 3.8) is 0 Å². The molecule has 0 aromatic heterocycles. The monoisotopic (exact) mass is 397 g/mol. The molecule has 0 saturated carbocycles. The Morgan fingerprint density at radius 1 is 0.867 bits per heavy atom. The third-order valence-corrected chi connectivity index (χ3v) is 4.70. The van der Waals surface area contributed by atoms with Gasteiger partial charge in [-0.05, 0) is 35.9 Å². The molecule has 2 amide bonds. The van der Waals surface area contributed by atoms with Crippen LogP contribution in [0.25, 0.3) is 0 Å². The lowest BCUT2D eigenvalue weighted by Crippen LogP contribution is -2.35. The van der Waals surface area contributed by atoms with E-state index in [4.69, 9.17) is 9.57 Å². The number of methoxy groups -OCH3 is 1. The van der Waals surface area contributed by atoms with Gasteiger partial charge in [-0.1, -0.05) is 60.4 Å². The van der Waals surface area contributed by atoms with Gasteiger partial charge in [0.2, 0.25) is 0 Å². The molecule has 0 spiro atoms. The van der Waals surface area contributed by atoms with Crippen LogP contribution in [-0.2, 0) is 11.3 Å². The van der Waals surface area contributed by atoms with E-state index in [9.17, 15) is 9.59 Å². The number of hydroxylamine groups is 2. The summed E-state index contributed by atoms with van der Waals surface area (Å²) in [5, 5.41) is 0.803. The molecule has 0 aliphatic carbocycles. The van der Waals surface area contributed by atoms with E-state index in [-0.39, 0.29) is 11.1 Å². The van der Waals surface area contributed by atoms with Crippen molar-refractivity contribution in [2.24, 2.45) is 0 Å². The van der Waals surface area contributed by atoms with Gasteiger partial charge < -0.3 is 4.74 Å². The van der Waals surface area contributed by atoms with Crippen molar-refractivity contribution in [3.8, 4) is 17.6 Å². The van der Waals surface area contributed by atoms with Crippen LogP contribution in [0.2, 0.25) is 0 Å². The van der Waals surface area contributed by atoms with Gasteiger partial charge >= 0.3 is 0 Å². The van der Waals surface area contributed by atoms with Gasteiger partial charge in [0, 0.05) is 12.0 Å². The average molecular weight is 397 g/mol. The maximum Gasteiger partial charge on any atom is 0.286 e. The molecule has 0 saturated heterocycles. The van der Waals surface area contributed by atoms with E-state index in [2.05, 4.69) is 11.8 Å². The summed E-state index contributed by atoms with van der Waals surface area (Å²) in [5.41, 5.74) is 2.36. The summed E-state index contributed by atoms with van der Waals surface area (Å²) in [6.07, 6.45) is -0.256. The summed E-state index contributed by atoms with van der Waals surface area (Å²) in [7, 11) is 1.51. The topological polar surface area (TPSA) is 55.8 Å². The second kappa shape index (κ2) is 8.64. The van der Waals surface area contributed by atoms with Gasteiger partial charge in [-0.2, -0.15) is 0 Å². The number of carbonyl (C=O) groups is 2. The molecule has 0 bridgehead atoms. The van der Waals surface area contributed by atoms with Crippen LogP contribution in [0.15, 0.2) is 78.9 Å². The van der Waals surface area contributed by atoms with E-state index >= 15 is 0 Å². The van der Waals surface area contributed by atoms with Gasteiger partial charge in [0.05, 0.1) is 18.2 Å². The highest BCUT2D eigenvalue weighted by atomic mass is 16.7. The number of nitrogens with zero attached hydrogens (tertiary/aromatic N) is 1. The number of benzene rings is 3. The van der Waals surface area contributed by atoms with Crippen molar-refractivity contribution in [2.45, 2.75) is 12.5 Å². The first-order valence-electron chi connectivity index (χ1n) is 9.50. The molecule has 0 N–H and O–H groups in total. The summed E-state index contributed by atoms with van der Waals surface area (Å²) < 4.78 is 5.16. The zero-order valence-corrected chi connectivity index (χ0v) is 16.4. The first kappa shape index (κ1) is 19.4. The third-order valence-electron chi connectivity index (χ3n) is 4.70. The van der Waals surface area contributed by atoms with Crippen molar-refractivity contribution >= 4 is 11.8 Å². The van der Waals surface area contributed by atoms with Crippen LogP contribution in [0, 0.1) is 11.8 Å². The zero-order chi connectivity index (χ0) is 20.9. The Morgan fingerprint density at radius 3 is 2.23 bits per heavy atom. The standard InChI is InChI=1S/C25H19NO4/c1-29-20-14-15-22-23(17-20)25(28)26(24(22)27)30-21(16-19-10-6-3-7-11-19)13-12-18-8-4-2-5-9-18/h2-11,14-15,17,21H,16H2,1H3/t21-/m1/s1. The number of rotatable bonds is 5. The van der Waals surface area contributed by atoms with Gasteiger partial charge in [-0.15, -0.1) is 5.06 Å². The van der Waals surface area contributed by atoms with Crippen LogP contribution in [0.5, 0.6) is 5.75 Å². The average Bonchev–Trinajstić information content (AvgIpc) is 3.03. The van der Waals surface area contributed by atoms with E-state index in [0.717, 1.165) is 16.2 Å². The van der Waals surface area contributed by atoms with Gasteiger partial charge in [0.25, 0.3) is 11.8 Å². The van der Waals surface area contributed by atoms with Crippen molar-refractivity contribution in [2.75, 3.05) is 7.11 Å². The molecule has 30 heavy (non-hydrogen) atoms. The molecule has 1 aliphatic rings. The Morgan fingerprint density at radius 2 is 1.53 bits per heavy atom. The SMILES string of the molecule is COc1ccc2c(c1)C(=O)N(O[C@H](C#Cc1ccccc1)Cc1ccccc1)C2=O. The van der Waals surface area contributed by atoms with Crippen molar-refractivity contribution in [1.29, 1.82) is 0 Å². The molecule has 3 aromatic rings. The molecule has 0 radical (unpaired) electrons. The lowest BCUT2D eigenvalue weighted by molar-refractivity contribution is -0.113. The lowest BCUT2D eigenvalue weighted by atomic mass is 10.1. The first-order chi connectivity index (χ1) is 14.7. The molecular formula is C25H19NO4. The van der Waals surface area contributed by atoms with Gasteiger partial charge in [0.15, 0.2) is 6.10 Å². The molecule has 4 rings (SSSR count). The van der Waals surface area contributed by atoms with Crippen LogP contribution in [0.1, 0.15) is 31.8 Å². The first-order valence-corrected chi connectivity index (χ1v) is 9.50. The van der Waals surface area contributed by atoms with E-state index in [0.29, 0.717) is 12.2 Å². The second-order valence-electron chi connectivity index (χ2n) is 6.74. The fourth-order valence-corrected chi connectivity index (χ4v) is 3.18. The Hall–Kier alpha value is -3.88. The minimum Gasteiger partial charge on any atom is -0.497 e. The third kappa shape index (κ3) is 4.09. The summed E-state index contributed by atoms with van der Waals surface area (Å²) in [6, 6.07) is 23.9. The molecule has 1 heterocycles. The molecule has 5 heteroatoms. The normalized spacial score (nSPS) is 13.4. The van der Waals surface area contributed by atoms with Gasteiger partial charge in [-0.25, -0.2) is 4.84 Å². The summed E-state index contributed by atoms with van der Waals surface area (Å²) in [5.74, 6) is 5.60.